The zero-order valence-corrected chi connectivity index (χ0v) is 24.5. The molecule has 1 aromatic heterocycles. The molecule has 13 nitrogen and oxygen atoms in total. The third-order valence-electron chi connectivity index (χ3n) is 6.53. The van der Waals surface area contributed by atoms with E-state index in [2.05, 4.69) is 9.98 Å². The van der Waals surface area contributed by atoms with Crippen LogP contribution in [0.2, 0.25) is 0 Å². The SMILES string of the molecule is CCOC(=O)C(N)CCS(=O)(=O)c1ccc(Oc2c(F)cnc(Oc3cc(C(=N)N)ccc3O)c2F)c(C2N=CCN2C)c1. The number of esters is 1. The molecule has 0 fully saturated rings. The molecule has 1 aliphatic rings. The molecule has 16 heteroatoms. The van der Waals surface area contributed by atoms with Crippen LogP contribution in [0.5, 0.6) is 28.9 Å². The third-order valence-corrected chi connectivity index (χ3v) is 8.27. The lowest BCUT2D eigenvalue weighted by Crippen LogP contribution is -2.34. The van der Waals surface area contributed by atoms with E-state index in [1.165, 1.54) is 36.4 Å². The second-order valence-electron chi connectivity index (χ2n) is 9.67. The average Bonchev–Trinajstić information content (AvgIpc) is 3.41. The highest BCUT2D eigenvalue weighted by Gasteiger charge is 2.29. The largest absolute Gasteiger partial charge is 0.504 e. The lowest BCUT2D eigenvalue weighted by atomic mass is 10.1. The van der Waals surface area contributed by atoms with Gasteiger partial charge in [-0.2, -0.15) is 4.39 Å². The van der Waals surface area contributed by atoms with Crippen molar-refractivity contribution in [2.45, 2.75) is 30.4 Å². The van der Waals surface area contributed by atoms with E-state index < -0.39 is 62.8 Å². The molecule has 2 unspecified atom stereocenters. The average molecular weight is 633 g/mol. The van der Waals surface area contributed by atoms with Crippen molar-refractivity contribution in [3.63, 3.8) is 0 Å². The van der Waals surface area contributed by atoms with E-state index in [0.29, 0.717) is 12.7 Å². The van der Waals surface area contributed by atoms with Crippen molar-refractivity contribution in [2.75, 3.05) is 26.0 Å². The van der Waals surface area contributed by atoms with E-state index in [4.69, 9.17) is 31.1 Å². The number of hydrogen-bond donors (Lipinski definition) is 4. The van der Waals surface area contributed by atoms with E-state index in [-0.39, 0.29) is 46.4 Å². The van der Waals surface area contributed by atoms with Crippen molar-refractivity contribution in [3.05, 3.63) is 65.4 Å². The number of rotatable bonds is 12. The first kappa shape index (κ1) is 32.2. The van der Waals surface area contributed by atoms with E-state index in [1.807, 2.05) is 0 Å². The Kier molecular flexibility index (Phi) is 9.76. The van der Waals surface area contributed by atoms with Crippen LogP contribution in [0.4, 0.5) is 8.78 Å². The Morgan fingerprint density at radius 1 is 1.20 bits per heavy atom. The molecular formula is C28H30F2N6O7S. The number of phenolic OH excluding ortho intramolecular Hbond substituents is 1. The molecular weight excluding hydrogens is 602 g/mol. The summed E-state index contributed by atoms with van der Waals surface area (Å²) >= 11 is 0. The Balaban J connectivity index is 1.68. The van der Waals surface area contributed by atoms with Crippen LogP contribution in [-0.2, 0) is 19.4 Å². The Morgan fingerprint density at radius 2 is 1.95 bits per heavy atom. The van der Waals surface area contributed by atoms with Crippen molar-refractivity contribution in [2.24, 2.45) is 16.5 Å². The molecule has 0 aliphatic carbocycles. The summed E-state index contributed by atoms with van der Waals surface area (Å²) in [6.45, 7) is 2.11. The zero-order valence-electron chi connectivity index (χ0n) is 23.7. The summed E-state index contributed by atoms with van der Waals surface area (Å²) in [5.41, 5.74) is 11.6. The van der Waals surface area contributed by atoms with Crippen LogP contribution in [-0.4, -0.2) is 73.4 Å². The molecule has 0 saturated heterocycles. The number of ether oxygens (including phenoxy) is 3. The Bertz CT molecular complexity index is 1720. The van der Waals surface area contributed by atoms with Gasteiger partial charge in [0, 0.05) is 23.9 Å². The quantitative estimate of drug-likeness (QED) is 0.130. The van der Waals surface area contributed by atoms with Gasteiger partial charge in [0.25, 0.3) is 5.88 Å². The Labute approximate surface area is 251 Å². The summed E-state index contributed by atoms with van der Waals surface area (Å²) in [5, 5.41) is 17.7. The van der Waals surface area contributed by atoms with Crippen molar-refractivity contribution < 1.29 is 41.3 Å². The number of nitrogen functional groups attached to an aromatic ring is 1. The van der Waals surface area contributed by atoms with Gasteiger partial charge in [-0.25, -0.2) is 17.8 Å². The van der Waals surface area contributed by atoms with E-state index in [1.54, 1.807) is 25.1 Å². The van der Waals surface area contributed by atoms with Gasteiger partial charge in [0.15, 0.2) is 27.2 Å². The number of amidine groups is 1. The van der Waals surface area contributed by atoms with E-state index in [0.717, 1.165) is 0 Å². The Hall–Kier alpha value is -4.67. The number of sulfone groups is 1. The van der Waals surface area contributed by atoms with Crippen LogP contribution in [0, 0.1) is 17.0 Å². The smallest absolute Gasteiger partial charge is 0.322 e. The van der Waals surface area contributed by atoms with Crippen molar-refractivity contribution >= 4 is 27.9 Å². The standard InChI is InChI=1S/C28H30F2N6O7S/c1-3-41-28(38)19(31)8-11-44(39,40)16-5-7-21(17(13-16)26-34-9-10-36(26)2)42-24-18(29)14-35-27(23(24)30)43-22-12-15(25(32)33)4-6-20(22)37/h4-7,9,12-14,19,26,37H,3,8,10-11,31H2,1-2H3,(H3,32,33). The summed E-state index contributed by atoms with van der Waals surface area (Å²) in [5.74, 6) is -6.61. The van der Waals surface area contributed by atoms with Gasteiger partial charge in [-0.1, -0.05) is 0 Å². The minimum absolute atomic E-state index is 0.0985. The number of benzene rings is 2. The molecule has 0 amide bonds. The number of carbonyl (C=O) groups excluding carboxylic acids is 1. The summed E-state index contributed by atoms with van der Waals surface area (Å²) in [4.78, 5) is 21.4. The molecule has 0 spiro atoms. The van der Waals surface area contributed by atoms with E-state index >= 15 is 4.39 Å². The van der Waals surface area contributed by atoms with Gasteiger partial charge in [-0.3, -0.25) is 20.1 Å². The second kappa shape index (κ2) is 13.3. The first-order valence-electron chi connectivity index (χ1n) is 13.2. The monoisotopic (exact) mass is 632 g/mol. The minimum Gasteiger partial charge on any atom is -0.504 e. The number of nitrogens with zero attached hydrogens (tertiary/aromatic N) is 3. The summed E-state index contributed by atoms with van der Waals surface area (Å²) < 4.78 is 72.6. The van der Waals surface area contributed by atoms with Crippen molar-refractivity contribution in [3.8, 4) is 28.9 Å². The van der Waals surface area contributed by atoms with Crippen LogP contribution in [0.15, 0.2) is 52.5 Å². The number of hydrogen-bond acceptors (Lipinski definition) is 12. The first-order chi connectivity index (χ1) is 20.8. The molecule has 4 rings (SSSR count). The van der Waals surface area contributed by atoms with Crippen molar-refractivity contribution in [1.82, 2.24) is 9.88 Å². The van der Waals surface area contributed by atoms with Crippen molar-refractivity contribution in [1.29, 1.82) is 5.41 Å². The highest BCUT2D eigenvalue weighted by molar-refractivity contribution is 7.91. The molecule has 0 saturated carbocycles. The van der Waals surface area contributed by atoms with Gasteiger partial charge in [0.05, 0.1) is 23.5 Å². The van der Waals surface area contributed by atoms with Crippen LogP contribution in [0.3, 0.4) is 0 Å². The maximum atomic E-state index is 15.6. The predicted molar refractivity (Wildman–Crippen MR) is 155 cm³/mol. The number of nitrogens with two attached hydrogens (primary N) is 2. The molecule has 234 valence electrons. The van der Waals surface area contributed by atoms with E-state index in [9.17, 15) is 22.7 Å². The van der Waals surface area contributed by atoms with Crippen LogP contribution >= 0.6 is 0 Å². The number of aromatic hydroxyl groups is 1. The van der Waals surface area contributed by atoms with Gasteiger partial charge in [-0.05, 0) is 56.8 Å². The molecule has 0 radical (unpaired) electrons. The maximum Gasteiger partial charge on any atom is 0.322 e. The molecule has 6 N–H and O–H groups in total. The van der Waals surface area contributed by atoms with Crippen LogP contribution < -0.4 is 20.9 Å². The minimum atomic E-state index is -3.97. The molecule has 3 aromatic rings. The maximum absolute atomic E-state index is 15.6. The van der Waals surface area contributed by atoms with Gasteiger partial charge < -0.3 is 30.8 Å². The molecule has 2 atom stereocenters. The van der Waals surface area contributed by atoms with Gasteiger partial charge in [0.1, 0.15) is 23.8 Å². The Morgan fingerprint density at radius 3 is 2.61 bits per heavy atom. The lowest BCUT2D eigenvalue weighted by Gasteiger charge is -2.22. The number of nitrogens with one attached hydrogen (secondary N) is 1. The first-order valence-corrected chi connectivity index (χ1v) is 14.9. The topological polar surface area (TPSA) is 204 Å². The number of halogens is 2. The fourth-order valence-electron chi connectivity index (χ4n) is 4.16. The number of phenols is 1. The summed E-state index contributed by atoms with van der Waals surface area (Å²) in [6, 6.07) is 6.27. The zero-order chi connectivity index (χ0) is 32.2. The third kappa shape index (κ3) is 7.10. The lowest BCUT2D eigenvalue weighted by molar-refractivity contribution is -0.144. The fraction of sp³-hybridized carbons (Fsp3) is 0.286. The molecule has 1 aliphatic heterocycles. The number of pyridine rings is 1. The van der Waals surface area contributed by atoms with Gasteiger partial charge in [-0.15, -0.1) is 0 Å². The summed E-state index contributed by atoms with van der Waals surface area (Å²) in [7, 11) is -2.26. The second-order valence-corrected chi connectivity index (χ2v) is 11.8. The van der Waals surface area contributed by atoms with Crippen LogP contribution in [0.1, 0.15) is 30.6 Å². The predicted octanol–water partition coefficient (Wildman–Crippen LogP) is 3.00. The van der Waals surface area contributed by atoms with Gasteiger partial charge in [0.2, 0.25) is 11.6 Å². The summed E-state index contributed by atoms with van der Waals surface area (Å²) in [6.07, 6.45) is 1.29. The fourth-order valence-corrected chi connectivity index (χ4v) is 5.55. The number of aliphatic imine (C=N–C) groups is 1. The number of aromatic nitrogens is 1. The van der Waals surface area contributed by atoms with Crippen LogP contribution in [0.25, 0.3) is 0 Å². The molecule has 2 aromatic carbocycles. The highest BCUT2D eigenvalue weighted by atomic mass is 32.2. The molecule has 0 bridgehead atoms. The van der Waals surface area contributed by atoms with Gasteiger partial charge >= 0.3 is 5.97 Å². The number of carbonyl (C=O) groups is 1. The molecule has 44 heavy (non-hydrogen) atoms. The normalized spacial score (nSPS) is 15.6. The molecule has 2 heterocycles. The highest BCUT2D eigenvalue weighted by Crippen LogP contribution is 2.40.